The van der Waals surface area contributed by atoms with Crippen molar-refractivity contribution in [1.29, 1.82) is 0 Å². The number of aryl methyl sites for hydroxylation is 1. The molecule has 0 bridgehead atoms. The van der Waals surface area contributed by atoms with Crippen LogP contribution in [0.2, 0.25) is 0 Å². The first-order chi connectivity index (χ1) is 16.9. The van der Waals surface area contributed by atoms with E-state index in [2.05, 4.69) is 41.6 Å². The summed E-state index contributed by atoms with van der Waals surface area (Å²) in [6.07, 6.45) is -0.869. The summed E-state index contributed by atoms with van der Waals surface area (Å²) >= 11 is 3.35. The van der Waals surface area contributed by atoms with E-state index in [1.165, 1.54) is 4.80 Å². The molecule has 0 spiro atoms. The summed E-state index contributed by atoms with van der Waals surface area (Å²) in [5.74, 6) is -1.34. The number of ether oxygens (including phenoxy) is 1. The monoisotopic (exact) mass is 562 g/mol. The molecule has 1 atom stereocenters. The molecule has 192 valence electrons. The molecule has 12 nitrogen and oxygen atoms in total. The average molecular weight is 563 g/mol. The highest BCUT2D eigenvalue weighted by Gasteiger charge is 2.26. The number of hydrogen-bond donors (Lipinski definition) is 4. The van der Waals surface area contributed by atoms with Crippen molar-refractivity contribution < 1.29 is 29.3 Å². The number of alkyl carbamates (subject to hydrolysis) is 1. The van der Waals surface area contributed by atoms with Gasteiger partial charge in [0.25, 0.3) is 0 Å². The number of carbonyl (C=O) groups excluding carboxylic acids is 2. The van der Waals surface area contributed by atoms with Crippen molar-refractivity contribution in [2.24, 2.45) is 0 Å². The average Bonchev–Trinajstić information content (AvgIpc) is 3.38. The molecular formula is C23H27BrN6O6. The van der Waals surface area contributed by atoms with Crippen LogP contribution in [-0.4, -0.2) is 64.9 Å². The number of carbonyl (C=O) groups is 3. The first kappa shape index (κ1) is 27.0. The Kier molecular flexibility index (Phi) is 8.25. The van der Waals surface area contributed by atoms with Gasteiger partial charge in [-0.15, -0.1) is 10.2 Å². The van der Waals surface area contributed by atoms with Gasteiger partial charge in [-0.3, -0.25) is 4.79 Å². The Bertz CT molecular complexity index is 1280. The highest BCUT2D eigenvalue weighted by molar-refractivity contribution is 9.10. The van der Waals surface area contributed by atoms with Gasteiger partial charge in [0.05, 0.1) is 24.5 Å². The van der Waals surface area contributed by atoms with Crippen molar-refractivity contribution in [3.05, 3.63) is 51.1 Å². The number of benzene rings is 1. The number of ketones is 1. The van der Waals surface area contributed by atoms with E-state index in [1.807, 2.05) is 0 Å². The number of aliphatic hydroxyl groups excluding tert-OH is 1. The minimum Gasteiger partial charge on any atom is -0.480 e. The van der Waals surface area contributed by atoms with Gasteiger partial charge < -0.3 is 25.3 Å². The van der Waals surface area contributed by atoms with Gasteiger partial charge in [-0.2, -0.15) is 4.80 Å². The van der Waals surface area contributed by atoms with Crippen molar-refractivity contribution in [3.63, 3.8) is 0 Å². The van der Waals surface area contributed by atoms with E-state index in [1.54, 1.807) is 52.0 Å². The number of H-pyrrole nitrogens is 1. The number of nitrogens with zero attached hydrogens (tertiary/aromatic N) is 4. The lowest BCUT2D eigenvalue weighted by Crippen LogP contribution is -2.44. The molecule has 1 unspecified atom stereocenters. The lowest BCUT2D eigenvalue weighted by molar-refractivity contribution is -0.139. The Labute approximate surface area is 215 Å². The van der Waals surface area contributed by atoms with E-state index in [4.69, 9.17) is 4.74 Å². The number of aromatic nitrogens is 5. The molecule has 4 N–H and O–H groups in total. The lowest BCUT2D eigenvalue weighted by Gasteiger charge is -2.21. The third-order valence-electron chi connectivity index (χ3n) is 5.08. The van der Waals surface area contributed by atoms with Gasteiger partial charge in [0.1, 0.15) is 11.6 Å². The number of aliphatic hydroxyl groups is 1. The Morgan fingerprint density at radius 1 is 1.28 bits per heavy atom. The molecule has 2 heterocycles. The van der Waals surface area contributed by atoms with Gasteiger partial charge in [-0.05, 0) is 57.0 Å². The molecular weight excluding hydrogens is 536 g/mol. The SMILES string of the molecule is Cc1c(-c2nnn(CCC(NC(=O)OC(C)(C)C)C(=O)O)n2)[nH]c(CO)c1C(=O)c1cccc(Br)c1. The Morgan fingerprint density at radius 3 is 2.61 bits per heavy atom. The largest absolute Gasteiger partial charge is 0.480 e. The molecule has 3 aromatic rings. The number of aromatic amines is 1. The van der Waals surface area contributed by atoms with Crippen LogP contribution in [0.4, 0.5) is 4.79 Å². The lowest BCUT2D eigenvalue weighted by atomic mass is 9.99. The summed E-state index contributed by atoms with van der Waals surface area (Å²) in [5.41, 5.74) is 1.25. The van der Waals surface area contributed by atoms with E-state index in [9.17, 15) is 24.6 Å². The molecule has 0 radical (unpaired) electrons. The van der Waals surface area contributed by atoms with Crippen molar-refractivity contribution in [1.82, 2.24) is 30.5 Å². The van der Waals surface area contributed by atoms with Crippen molar-refractivity contribution in [2.75, 3.05) is 0 Å². The number of halogens is 1. The van der Waals surface area contributed by atoms with Gasteiger partial charge in [-0.25, -0.2) is 9.59 Å². The van der Waals surface area contributed by atoms with Crippen molar-refractivity contribution >= 4 is 33.8 Å². The standard InChI is InChI=1S/C23H27BrN6O6/c1-12-17(19(32)13-6-5-7-14(24)10-13)16(11-31)25-18(12)20-27-29-30(28-20)9-8-15(21(33)34)26-22(35)36-23(2,3)4/h5-7,10,15,25,31H,8-9,11H2,1-4H3,(H,26,35)(H,33,34). The minimum absolute atomic E-state index is 0.0252. The van der Waals surface area contributed by atoms with Gasteiger partial charge in [0.15, 0.2) is 5.78 Å². The van der Waals surface area contributed by atoms with Gasteiger partial charge in [-0.1, -0.05) is 28.1 Å². The highest BCUT2D eigenvalue weighted by Crippen LogP contribution is 2.28. The Morgan fingerprint density at radius 2 is 2.00 bits per heavy atom. The molecule has 0 aliphatic heterocycles. The normalized spacial score (nSPS) is 12.3. The van der Waals surface area contributed by atoms with Crippen LogP contribution in [0.25, 0.3) is 11.5 Å². The molecule has 0 saturated heterocycles. The third kappa shape index (κ3) is 6.55. The smallest absolute Gasteiger partial charge is 0.408 e. The summed E-state index contributed by atoms with van der Waals surface area (Å²) in [6.45, 7) is 6.36. The second-order valence-electron chi connectivity index (χ2n) is 9.01. The summed E-state index contributed by atoms with van der Waals surface area (Å²) < 4.78 is 5.86. The number of tetrazole rings is 1. The van der Waals surface area contributed by atoms with Crippen molar-refractivity contribution in [3.8, 4) is 11.5 Å². The molecule has 0 saturated carbocycles. The van der Waals surface area contributed by atoms with Gasteiger partial charge in [0.2, 0.25) is 5.82 Å². The quantitative estimate of drug-likeness (QED) is 0.286. The van der Waals surface area contributed by atoms with E-state index in [-0.39, 0.29) is 24.6 Å². The predicted molar refractivity (Wildman–Crippen MR) is 131 cm³/mol. The second-order valence-corrected chi connectivity index (χ2v) is 9.93. The number of nitrogens with one attached hydrogen (secondary N) is 2. The molecule has 13 heteroatoms. The number of carboxylic acid groups (broad SMARTS) is 1. The number of aliphatic carboxylic acids is 1. The zero-order chi connectivity index (χ0) is 26.6. The Balaban J connectivity index is 1.77. The highest BCUT2D eigenvalue weighted by atomic mass is 79.9. The fourth-order valence-electron chi connectivity index (χ4n) is 3.47. The Hall–Kier alpha value is -3.58. The maximum absolute atomic E-state index is 13.2. The van der Waals surface area contributed by atoms with E-state index < -0.39 is 30.3 Å². The molecule has 1 amide bonds. The molecule has 0 aliphatic carbocycles. The summed E-state index contributed by atoms with van der Waals surface area (Å²) in [4.78, 5) is 40.9. The first-order valence-corrected chi connectivity index (χ1v) is 11.8. The molecule has 3 rings (SSSR count). The third-order valence-corrected chi connectivity index (χ3v) is 5.58. The number of amides is 1. The molecule has 0 aliphatic rings. The van der Waals surface area contributed by atoms with E-state index in [0.29, 0.717) is 28.1 Å². The maximum Gasteiger partial charge on any atom is 0.408 e. The summed E-state index contributed by atoms with van der Waals surface area (Å²) in [5, 5.41) is 33.8. The molecule has 2 aromatic heterocycles. The maximum atomic E-state index is 13.2. The summed E-state index contributed by atoms with van der Waals surface area (Å²) in [7, 11) is 0. The van der Waals surface area contributed by atoms with Crippen LogP contribution in [0.1, 0.15) is 54.4 Å². The van der Waals surface area contributed by atoms with Gasteiger partial charge >= 0.3 is 12.1 Å². The van der Waals surface area contributed by atoms with E-state index in [0.717, 1.165) is 4.47 Å². The predicted octanol–water partition coefficient (Wildman–Crippen LogP) is 2.83. The number of hydrogen-bond acceptors (Lipinski definition) is 8. The van der Waals surface area contributed by atoms with Crippen LogP contribution >= 0.6 is 15.9 Å². The fraction of sp³-hybridized carbons (Fsp3) is 0.391. The van der Waals surface area contributed by atoms with E-state index >= 15 is 0 Å². The molecule has 36 heavy (non-hydrogen) atoms. The number of rotatable bonds is 9. The van der Waals surface area contributed by atoms with Crippen LogP contribution in [0.3, 0.4) is 0 Å². The fourth-order valence-corrected chi connectivity index (χ4v) is 3.87. The topological polar surface area (TPSA) is 172 Å². The van der Waals surface area contributed by atoms with Crippen molar-refractivity contribution in [2.45, 2.75) is 58.9 Å². The van der Waals surface area contributed by atoms with Crippen LogP contribution in [-0.2, 0) is 22.7 Å². The zero-order valence-corrected chi connectivity index (χ0v) is 21.8. The second kappa shape index (κ2) is 11.0. The van der Waals surface area contributed by atoms with Crippen LogP contribution in [0.5, 0.6) is 0 Å². The van der Waals surface area contributed by atoms with Crippen LogP contribution < -0.4 is 5.32 Å². The summed E-state index contributed by atoms with van der Waals surface area (Å²) in [6, 6.07) is 5.69. The number of carboxylic acids is 1. The van der Waals surface area contributed by atoms with Gasteiger partial charge in [0, 0.05) is 15.6 Å². The van der Waals surface area contributed by atoms with Crippen LogP contribution in [0, 0.1) is 6.92 Å². The molecule has 0 fully saturated rings. The molecule has 1 aromatic carbocycles. The zero-order valence-electron chi connectivity index (χ0n) is 20.2. The first-order valence-electron chi connectivity index (χ1n) is 11.0. The minimum atomic E-state index is -1.23. The van der Waals surface area contributed by atoms with Crippen LogP contribution in [0.15, 0.2) is 28.7 Å².